The Kier molecular flexibility index (Phi) is 8.23. The summed E-state index contributed by atoms with van der Waals surface area (Å²) in [4.78, 5) is 14.2. The summed E-state index contributed by atoms with van der Waals surface area (Å²) in [5.74, 6) is 0. The number of hydrogen-bond donors (Lipinski definition) is 1. The molecule has 0 aromatic carbocycles. The molecule has 1 unspecified atom stereocenters. The van der Waals surface area contributed by atoms with E-state index in [-0.39, 0.29) is 6.09 Å². The van der Waals surface area contributed by atoms with Crippen LogP contribution in [0.1, 0.15) is 79.6 Å². The molecule has 0 aliphatic carbocycles. The molecular weight excluding hydrogens is 276 g/mol. The summed E-state index contributed by atoms with van der Waals surface area (Å²) in [6.45, 7) is 12.1. The predicted octanol–water partition coefficient (Wildman–Crippen LogP) is 4.33. The van der Waals surface area contributed by atoms with E-state index in [1.165, 1.54) is 25.7 Å². The van der Waals surface area contributed by atoms with Crippen LogP contribution in [-0.4, -0.2) is 41.8 Å². The van der Waals surface area contributed by atoms with Gasteiger partial charge in [0.1, 0.15) is 5.60 Å². The number of rotatable bonds is 8. The van der Waals surface area contributed by atoms with E-state index in [1.807, 2.05) is 25.7 Å². The van der Waals surface area contributed by atoms with Crippen LogP contribution in [0.3, 0.4) is 0 Å². The fourth-order valence-electron chi connectivity index (χ4n) is 3.20. The molecule has 0 radical (unpaired) electrons. The maximum atomic E-state index is 12.3. The van der Waals surface area contributed by atoms with Crippen LogP contribution in [0.25, 0.3) is 0 Å². The Balaban J connectivity index is 2.39. The van der Waals surface area contributed by atoms with Crippen molar-refractivity contribution in [3.8, 4) is 0 Å². The van der Waals surface area contributed by atoms with Gasteiger partial charge in [0.2, 0.25) is 0 Å². The number of likely N-dealkylation sites (tertiary alicyclic amines) is 1. The molecule has 0 saturated carbocycles. The van der Waals surface area contributed by atoms with E-state index < -0.39 is 5.60 Å². The first-order chi connectivity index (χ1) is 10.4. The van der Waals surface area contributed by atoms with Crippen molar-refractivity contribution in [2.24, 2.45) is 0 Å². The average molecular weight is 312 g/mol. The summed E-state index contributed by atoms with van der Waals surface area (Å²) >= 11 is 0. The molecule has 0 aromatic heterocycles. The molecule has 0 aromatic rings. The molecule has 1 heterocycles. The third-order valence-electron chi connectivity index (χ3n) is 4.19. The SMILES string of the molecule is CCCC(CCC)NCCC1CCCN1C(=O)OC(C)(C)C. The number of nitrogens with one attached hydrogen (secondary N) is 1. The Morgan fingerprint density at radius 3 is 2.45 bits per heavy atom. The summed E-state index contributed by atoms with van der Waals surface area (Å²) in [5, 5.41) is 3.68. The lowest BCUT2D eigenvalue weighted by Crippen LogP contribution is -2.41. The lowest BCUT2D eigenvalue weighted by atomic mass is 10.1. The minimum atomic E-state index is -0.407. The molecule has 1 aliphatic rings. The zero-order valence-electron chi connectivity index (χ0n) is 15.3. The first-order valence-electron chi connectivity index (χ1n) is 9.10. The molecule has 1 amide bonds. The van der Waals surface area contributed by atoms with E-state index in [2.05, 4.69) is 19.2 Å². The summed E-state index contributed by atoms with van der Waals surface area (Å²) < 4.78 is 5.52. The van der Waals surface area contributed by atoms with E-state index in [0.29, 0.717) is 12.1 Å². The fraction of sp³-hybridized carbons (Fsp3) is 0.944. The smallest absolute Gasteiger partial charge is 0.410 e. The third kappa shape index (κ3) is 6.99. The van der Waals surface area contributed by atoms with Gasteiger partial charge in [0.05, 0.1) is 0 Å². The van der Waals surface area contributed by atoms with Gasteiger partial charge in [0.15, 0.2) is 0 Å². The quantitative estimate of drug-likeness (QED) is 0.725. The van der Waals surface area contributed by atoms with Crippen LogP contribution in [0.4, 0.5) is 4.79 Å². The molecule has 4 heteroatoms. The van der Waals surface area contributed by atoms with Gasteiger partial charge in [-0.25, -0.2) is 4.79 Å². The first kappa shape index (κ1) is 19.3. The summed E-state index contributed by atoms with van der Waals surface area (Å²) in [7, 11) is 0. The largest absolute Gasteiger partial charge is 0.444 e. The van der Waals surface area contributed by atoms with Gasteiger partial charge in [-0.3, -0.25) is 0 Å². The van der Waals surface area contributed by atoms with Gasteiger partial charge < -0.3 is 15.0 Å². The van der Waals surface area contributed by atoms with Crippen molar-refractivity contribution in [2.75, 3.05) is 13.1 Å². The molecule has 0 bridgehead atoms. The second kappa shape index (κ2) is 9.39. The zero-order chi connectivity index (χ0) is 16.6. The molecule has 1 atom stereocenters. The van der Waals surface area contributed by atoms with Crippen molar-refractivity contribution in [2.45, 2.75) is 97.2 Å². The van der Waals surface area contributed by atoms with Crippen LogP contribution < -0.4 is 5.32 Å². The number of carbonyl (C=O) groups excluding carboxylic acids is 1. The number of hydrogen-bond acceptors (Lipinski definition) is 3. The van der Waals surface area contributed by atoms with Crippen molar-refractivity contribution in [1.82, 2.24) is 10.2 Å². The highest BCUT2D eigenvalue weighted by Crippen LogP contribution is 2.22. The zero-order valence-corrected chi connectivity index (χ0v) is 15.3. The van der Waals surface area contributed by atoms with Crippen LogP contribution >= 0.6 is 0 Å². The van der Waals surface area contributed by atoms with Crippen LogP contribution in [0, 0.1) is 0 Å². The number of ether oxygens (including phenoxy) is 1. The normalized spacial score (nSPS) is 19.0. The van der Waals surface area contributed by atoms with Gasteiger partial charge in [-0.2, -0.15) is 0 Å². The molecule has 1 rings (SSSR count). The van der Waals surface area contributed by atoms with Gasteiger partial charge in [-0.15, -0.1) is 0 Å². The Labute approximate surface area is 137 Å². The van der Waals surface area contributed by atoms with Gasteiger partial charge in [-0.1, -0.05) is 26.7 Å². The van der Waals surface area contributed by atoms with Crippen molar-refractivity contribution in [3.05, 3.63) is 0 Å². The van der Waals surface area contributed by atoms with E-state index in [1.54, 1.807) is 0 Å². The van der Waals surface area contributed by atoms with Gasteiger partial charge in [0, 0.05) is 18.6 Å². The van der Waals surface area contributed by atoms with Crippen LogP contribution in [0.5, 0.6) is 0 Å². The Hall–Kier alpha value is -0.770. The lowest BCUT2D eigenvalue weighted by Gasteiger charge is -2.29. The molecule has 1 N–H and O–H groups in total. The van der Waals surface area contributed by atoms with Crippen molar-refractivity contribution < 1.29 is 9.53 Å². The van der Waals surface area contributed by atoms with Gasteiger partial charge in [-0.05, 0) is 59.4 Å². The molecule has 130 valence electrons. The van der Waals surface area contributed by atoms with Crippen LogP contribution in [-0.2, 0) is 4.74 Å². The van der Waals surface area contributed by atoms with E-state index in [0.717, 1.165) is 32.4 Å². The predicted molar refractivity (Wildman–Crippen MR) is 92.2 cm³/mol. The van der Waals surface area contributed by atoms with Crippen LogP contribution in [0.15, 0.2) is 0 Å². The average Bonchev–Trinajstić information content (AvgIpc) is 2.86. The van der Waals surface area contributed by atoms with Crippen molar-refractivity contribution >= 4 is 6.09 Å². The van der Waals surface area contributed by atoms with E-state index in [4.69, 9.17) is 4.74 Å². The topological polar surface area (TPSA) is 41.6 Å². The maximum Gasteiger partial charge on any atom is 0.410 e. The summed E-state index contributed by atoms with van der Waals surface area (Å²) in [6.07, 6.45) is 8.03. The molecular formula is C18H36N2O2. The summed E-state index contributed by atoms with van der Waals surface area (Å²) in [5.41, 5.74) is -0.407. The standard InChI is InChI=1S/C18H36N2O2/c1-6-9-15(10-7-2)19-13-12-16-11-8-14-20(16)17(21)22-18(3,4)5/h15-16,19H,6-14H2,1-5H3. The summed E-state index contributed by atoms with van der Waals surface area (Å²) in [6, 6.07) is 0.970. The second-order valence-electron chi connectivity index (χ2n) is 7.49. The molecule has 1 aliphatic heterocycles. The number of nitrogens with zero attached hydrogens (tertiary/aromatic N) is 1. The van der Waals surface area contributed by atoms with E-state index in [9.17, 15) is 4.79 Å². The molecule has 1 saturated heterocycles. The molecule has 22 heavy (non-hydrogen) atoms. The molecule has 4 nitrogen and oxygen atoms in total. The number of amides is 1. The highest BCUT2D eigenvalue weighted by atomic mass is 16.6. The number of carbonyl (C=O) groups is 1. The minimum Gasteiger partial charge on any atom is -0.444 e. The first-order valence-corrected chi connectivity index (χ1v) is 9.10. The Bertz CT molecular complexity index is 320. The van der Waals surface area contributed by atoms with Crippen LogP contribution in [0.2, 0.25) is 0 Å². The Morgan fingerprint density at radius 1 is 1.27 bits per heavy atom. The highest BCUT2D eigenvalue weighted by Gasteiger charge is 2.31. The monoisotopic (exact) mass is 312 g/mol. The highest BCUT2D eigenvalue weighted by molar-refractivity contribution is 5.68. The fourth-order valence-corrected chi connectivity index (χ4v) is 3.20. The van der Waals surface area contributed by atoms with Gasteiger partial charge in [0.25, 0.3) is 0 Å². The lowest BCUT2D eigenvalue weighted by molar-refractivity contribution is 0.0220. The molecule has 0 spiro atoms. The Morgan fingerprint density at radius 2 is 1.91 bits per heavy atom. The van der Waals surface area contributed by atoms with Gasteiger partial charge >= 0.3 is 6.09 Å². The van der Waals surface area contributed by atoms with E-state index >= 15 is 0 Å². The molecule has 1 fully saturated rings. The second-order valence-corrected chi connectivity index (χ2v) is 7.49. The minimum absolute atomic E-state index is 0.145. The third-order valence-corrected chi connectivity index (χ3v) is 4.19. The maximum absolute atomic E-state index is 12.3. The van der Waals surface area contributed by atoms with Crippen molar-refractivity contribution in [3.63, 3.8) is 0 Å². The van der Waals surface area contributed by atoms with Crippen molar-refractivity contribution in [1.29, 1.82) is 0 Å².